The molecule has 0 aliphatic rings. The van der Waals surface area contributed by atoms with E-state index in [4.69, 9.17) is 10.5 Å². The van der Waals surface area contributed by atoms with Crippen molar-refractivity contribution in [2.24, 2.45) is 5.73 Å². The number of nitrogens with one attached hydrogen (secondary N) is 1. The predicted molar refractivity (Wildman–Crippen MR) is 62.6 cm³/mol. The van der Waals surface area contributed by atoms with Gasteiger partial charge in [0.05, 0.1) is 5.69 Å². The van der Waals surface area contributed by atoms with Crippen LogP contribution in [0.3, 0.4) is 0 Å². The number of hydrogen-bond donors (Lipinski definition) is 2. The van der Waals surface area contributed by atoms with E-state index in [0.29, 0.717) is 17.9 Å². The fraction of sp³-hybridized carbons (Fsp3) is 0.273. The fourth-order valence-electron chi connectivity index (χ4n) is 1.46. The molecule has 0 saturated heterocycles. The minimum atomic E-state index is -0.183. The fourth-order valence-corrected chi connectivity index (χ4v) is 1.46. The Hall–Kier alpha value is -2.08. The maximum atomic E-state index is 11.1. The molecule has 2 rings (SSSR count). The lowest BCUT2D eigenvalue weighted by molar-refractivity contribution is -0.122. The van der Waals surface area contributed by atoms with Gasteiger partial charge in [-0.05, 0) is 12.1 Å². The number of fused-ring (bicyclic) bond motifs is 1. The molecule has 0 spiro atoms. The maximum Gasteiger partial charge on any atom is 0.257 e. The molecule has 0 fully saturated rings. The van der Waals surface area contributed by atoms with Gasteiger partial charge in [0.1, 0.15) is 0 Å². The van der Waals surface area contributed by atoms with E-state index in [9.17, 15) is 4.79 Å². The number of rotatable bonds is 4. The highest BCUT2D eigenvalue weighted by molar-refractivity contribution is 5.77. The van der Waals surface area contributed by atoms with Gasteiger partial charge in [-0.2, -0.15) is 0 Å². The highest BCUT2D eigenvalue weighted by Gasteiger charge is 2.07. The summed E-state index contributed by atoms with van der Waals surface area (Å²) in [6.45, 7) is 0.345. The second kappa shape index (κ2) is 4.84. The molecule has 3 N–H and O–H groups in total. The van der Waals surface area contributed by atoms with Gasteiger partial charge < -0.3 is 20.2 Å². The number of carbonyl (C=O) groups excluding carboxylic acids is 1. The molecule has 0 atom stereocenters. The third-order valence-electron chi connectivity index (χ3n) is 2.34. The molecule has 2 aromatic heterocycles. The topological polar surface area (TPSA) is 81.6 Å². The third-order valence-corrected chi connectivity index (χ3v) is 2.34. The summed E-state index contributed by atoms with van der Waals surface area (Å²) in [6, 6.07) is 3.60. The van der Waals surface area contributed by atoms with Crippen molar-refractivity contribution in [2.45, 2.75) is 6.54 Å². The van der Waals surface area contributed by atoms with Gasteiger partial charge in [0.15, 0.2) is 18.0 Å². The van der Waals surface area contributed by atoms with E-state index in [1.54, 1.807) is 13.1 Å². The van der Waals surface area contributed by atoms with Crippen LogP contribution in [0.2, 0.25) is 0 Å². The van der Waals surface area contributed by atoms with Gasteiger partial charge in [0, 0.05) is 26.0 Å². The van der Waals surface area contributed by atoms with E-state index in [2.05, 4.69) is 10.3 Å². The molecule has 0 saturated carbocycles. The Morgan fingerprint density at radius 3 is 3.18 bits per heavy atom. The Morgan fingerprint density at radius 1 is 1.65 bits per heavy atom. The highest BCUT2D eigenvalue weighted by Crippen LogP contribution is 2.18. The molecular weight excluding hydrogens is 220 g/mol. The summed E-state index contributed by atoms with van der Waals surface area (Å²) in [5, 5.41) is 2.49. The lowest BCUT2D eigenvalue weighted by Gasteiger charge is -2.05. The average molecular weight is 234 g/mol. The lowest BCUT2D eigenvalue weighted by Crippen LogP contribution is -2.24. The Labute approximate surface area is 98.4 Å². The van der Waals surface area contributed by atoms with E-state index in [-0.39, 0.29) is 12.5 Å². The van der Waals surface area contributed by atoms with Crippen LogP contribution in [-0.2, 0) is 11.3 Å². The zero-order valence-corrected chi connectivity index (χ0v) is 9.51. The van der Waals surface area contributed by atoms with Crippen LogP contribution >= 0.6 is 0 Å². The predicted octanol–water partition coefficient (Wildman–Crippen LogP) is -0.0822. The van der Waals surface area contributed by atoms with Crippen molar-refractivity contribution in [1.82, 2.24) is 14.7 Å². The van der Waals surface area contributed by atoms with Crippen LogP contribution < -0.4 is 15.8 Å². The van der Waals surface area contributed by atoms with Crippen molar-refractivity contribution in [1.29, 1.82) is 0 Å². The summed E-state index contributed by atoms with van der Waals surface area (Å²) in [6.07, 6.45) is 3.69. The Bertz CT molecular complexity index is 535. The molecule has 6 heteroatoms. The van der Waals surface area contributed by atoms with Crippen LogP contribution in [0.25, 0.3) is 5.65 Å². The summed E-state index contributed by atoms with van der Waals surface area (Å²) < 4.78 is 7.21. The van der Waals surface area contributed by atoms with Crippen LogP contribution in [0, 0.1) is 0 Å². The maximum absolute atomic E-state index is 11.1. The molecule has 0 unspecified atom stereocenters. The van der Waals surface area contributed by atoms with E-state index >= 15 is 0 Å². The molecule has 0 bridgehead atoms. The van der Waals surface area contributed by atoms with Crippen LogP contribution in [0.4, 0.5) is 0 Å². The van der Waals surface area contributed by atoms with Crippen LogP contribution in [0.1, 0.15) is 5.69 Å². The molecule has 2 aromatic rings. The minimum Gasteiger partial charge on any atom is -0.480 e. The third kappa shape index (κ3) is 2.36. The number of ether oxygens (including phenoxy) is 1. The number of pyridine rings is 1. The van der Waals surface area contributed by atoms with Crippen molar-refractivity contribution in [3.8, 4) is 5.75 Å². The second-order valence-corrected chi connectivity index (χ2v) is 3.50. The second-order valence-electron chi connectivity index (χ2n) is 3.50. The molecule has 2 heterocycles. The Kier molecular flexibility index (Phi) is 3.24. The zero-order chi connectivity index (χ0) is 12.3. The number of hydrogen-bond acceptors (Lipinski definition) is 4. The van der Waals surface area contributed by atoms with Gasteiger partial charge in [-0.1, -0.05) is 0 Å². The number of likely N-dealkylation sites (N-methyl/N-ethyl adjacent to an activating group) is 1. The van der Waals surface area contributed by atoms with Crippen LogP contribution in [-0.4, -0.2) is 28.9 Å². The van der Waals surface area contributed by atoms with Gasteiger partial charge >= 0.3 is 0 Å². The lowest BCUT2D eigenvalue weighted by atomic mass is 10.4. The SMILES string of the molecule is CNC(=O)COc1cccn2cc(CN)nc12. The van der Waals surface area contributed by atoms with Gasteiger partial charge in [0.25, 0.3) is 5.91 Å². The van der Waals surface area contributed by atoms with Crippen molar-refractivity contribution < 1.29 is 9.53 Å². The molecule has 0 aliphatic carbocycles. The van der Waals surface area contributed by atoms with Crippen molar-refractivity contribution in [3.63, 3.8) is 0 Å². The number of imidazole rings is 1. The van der Waals surface area contributed by atoms with Crippen LogP contribution in [0.15, 0.2) is 24.5 Å². The monoisotopic (exact) mass is 234 g/mol. The first-order valence-corrected chi connectivity index (χ1v) is 5.24. The summed E-state index contributed by atoms with van der Waals surface area (Å²) >= 11 is 0. The van der Waals surface area contributed by atoms with Crippen molar-refractivity contribution >= 4 is 11.6 Å². The van der Waals surface area contributed by atoms with Gasteiger partial charge in [-0.25, -0.2) is 4.98 Å². The van der Waals surface area contributed by atoms with E-state index in [1.165, 1.54) is 0 Å². The molecule has 0 aliphatic heterocycles. The summed E-state index contributed by atoms with van der Waals surface area (Å²) in [4.78, 5) is 15.4. The smallest absolute Gasteiger partial charge is 0.257 e. The number of nitrogens with zero attached hydrogens (tertiary/aromatic N) is 2. The Morgan fingerprint density at radius 2 is 2.47 bits per heavy atom. The van der Waals surface area contributed by atoms with Gasteiger partial charge in [-0.3, -0.25) is 4.79 Å². The summed E-state index contributed by atoms with van der Waals surface area (Å²) in [5.74, 6) is 0.383. The highest BCUT2D eigenvalue weighted by atomic mass is 16.5. The number of aromatic nitrogens is 2. The minimum absolute atomic E-state index is 0.0268. The zero-order valence-electron chi connectivity index (χ0n) is 9.51. The first kappa shape index (κ1) is 11.4. The van der Waals surface area contributed by atoms with Crippen molar-refractivity contribution in [2.75, 3.05) is 13.7 Å². The number of nitrogens with two attached hydrogens (primary N) is 1. The molecule has 0 aromatic carbocycles. The molecule has 17 heavy (non-hydrogen) atoms. The molecule has 1 amide bonds. The first-order chi connectivity index (χ1) is 8.24. The van der Waals surface area contributed by atoms with Gasteiger partial charge in [-0.15, -0.1) is 0 Å². The summed E-state index contributed by atoms with van der Waals surface area (Å²) in [5.41, 5.74) is 6.97. The average Bonchev–Trinajstić information content (AvgIpc) is 2.79. The van der Waals surface area contributed by atoms with E-state index in [0.717, 1.165) is 5.69 Å². The van der Waals surface area contributed by atoms with Crippen LogP contribution in [0.5, 0.6) is 5.75 Å². The van der Waals surface area contributed by atoms with E-state index < -0.39 is 0 Å². The summed E-state index contributed by atoms with van der Waals surface area (Å²) in [7, 11) is 1.56. The molecule has 6 nitrogen and oxygen atoms in total. The number of amides is 1. The van der Waals surface area contributed by atoms with Crippen molar-refractivity contribution in [3.05, 3.63) is 30.2 Å². The van der Waals surface area contributed by atoms with Gasteiger partial charge in [0.2, 0.25) is 0 Å². The largest absolute Gasteiger partial charge is 0.480 e. The molecule has 90 valence electrons. The number of carbonyl (C=O) groups is 1. The standard InChI is InChI=1S/C11H14N4O2/c1-13-10(16)7-17-9-3-2-4-15-6-8(5-12)14-11(9)15/h2-4,6H,5,7,12H2,1H3,(H,13,16). The first-order valence-electron chi connectivity index (χ1n) is 5.24. The molecule has 0 radical (unpaired) electrons. The Balaban J connectivity index is 2.27. The van der Waals surface area contributed by atoms with E-state index in [1.807, 2.05) is 22.9 Å². The quantitative estimate of drug-likeness (QED) is 0.775. The molecular formula is C11H14N4O2. The normalized spacial score (nSPS) is 10.5.